The number of guanidine groups is 1. The molecule has 0 bridgehead atoms. The van der Waals surface area contributed by atoms with Crippen molar-refractivity contribution in [3.8, 4) is 0 Å². The SMILES string of the molecule is Br.COC(CNC(=NCC(C)C)N1CCN(c2ncc(F)cn2)CC1)C(F)(F)F. The number of ether oxygens (including phenoxy) is 1. The van der Waals surface area contributed by atoms with Gasteiger partial charge in [-0.25, -0.2) is 14.4 Å². The third-order valence-electron chi connectivity index (χ3n) is 4.17. The summed E-state index contributed by atoms with van der Waals surface area (Å²) < 4.78 is 56.3. The van der Waals surface area contributed by atoms with E-state index < -0.39 is 24.6 Å². The molecule has 0 saturated carbocycles. The number of anilines is 1. The minimum absolute atomic E-state index is 0. The van der Waals surface area contributed by atoms with Gasteiger partial charge in [-0.15, -0.1) is 17.0 Å². The molecule has 0 radical (unpaired) electrons. The van der Waals surface area contributed by atoms with E-state index in [1.54, 1.807) is 0 Å². The first-order valence-corrected chi connectivity index (χ1v) is 9.06. The highest BCUT2D eigenvalue weighted by atomic mass is 79.9. The fourth-order valence-corrected chi connectivity index (χ4v) is 2.64. The van der Waals surface area contributed by atoms with Gasteiger partial charge in [0.2, 0.25) is 5.95 Å². The molecule has 1 atom stereocenters. The van der Waals surface area contributed by atoms with Gasteiger partial charge in [0.25, 0.3) is 0 Å². The van der Waals surface area contributed by atoms with Gasteiger partial charge in [-0.05, 0) is 5.92 Å². The maximum atomic E-state index is 13.0. The van der Waals surface area contributed by atoms with Crippen LogP contribution in [0.4, 0.5) is 23.5 Å². The molecule has 12 heteroatoms. The van der Waals surface area contributed by atoms with E-state index in [1.165, 1.54) is 0 Å². The van der Waals surface area contributed by atoms with Gasteiger partial charge in [-0.3, -0.25) is 4.99 Å². The Morgan fingerprint density at radius 1 is 1.21 bits per heavy atom. The summed E-state index contributed by atoms with van der Waals surface area (Å²) >= 11 is 0. The molecule has 1 aliphatic heterocycles. The van der Waals surface area contributed by atoms with Crippen LogP contribution in [0.5, 0.6) is 0 Å². The molecule has 0 aliphatic carbocycles. The number of aromatic nitrogens is 2. The summed E-state index contributed by atoms with van der Waals surface area (Å²) in [4.78, 5) is 16.2. The van der Waals surface area contributed by atoms with Gasteiger partial charge in [-0.2, -0.15) is 13.2 Å². The van der Waals surface area contributed by atoms with Crippen molar-refractivity contribution in [3.05, 3.63) is 18.2 Å². The molecular weight excluding hydrogens is 460 g/mol. The molecule has 1 aromatic heterocycles. The number of methoxy groups -OCH3 is 1. The zero-order chi connectivity index (χ0) is 20.7. The van der Waals surface area contributed by atoms with E-state index in [9.17, 15) is 17.6 Å². The first-order chi connectivity index (χ1) is 13.2. The van der Waals surface area contributed by atoms with Crippen LogP contribution < -0.4 is 10.2 Å². The largest absolute Gasteiger partial charge is 0.416 e. The highest BCUT2D eigenvalue weighted by Crippen LogP contribution is 2.22. The van der Waals surface area contributed by atoms with Crippen LogP contribution in [-0.2, 0) is 4.74 Å². The summed E-state index contributed by atoms with van der Waals surface area (Å²) in [6, 6.07) is 0. The number of halogens is 5. The Kier molecular flexibility index (Phi) is 10.0. The van der Waals surface area contributed by atoms with Crippen LogP contribution in [-0.4, -0.2) is 79.5 Å². The fourth-order valence-electron chi connectivity index (χ4n) is 2.64. The Morgan fingerprint density at radius 3 is 2.28 bits per heavy atom. The van der Waals surface area contributed by atoms with Crippen molar-refractivity contribution in [2.45, 2.75) is 26.1 Å². The van der Waals surface area contributed by atoms with Crippen molar-refractivity contribution >= 4 is 28.9 Å². The Morgan fingerprint density at radius 2 is 1.79 bits per heavy atom. The molecule has 2 heterocycles. The lowest BCUT2D eigenvalue weighted by molar-refractivity contribution is -0.209. The number of piperazine rings is 1. The molecule has 166 valence electrons. The molecule has 29 heavy (non-hydrogen) atoms. The topological polar surface area (TPSA) is 65.9 Å². The van der Waals surface area contributed by atoms with Crippen LogP contribution in [0, 0.1) is 11.7 Å². The van der Waals surface area contributed by atoms with Crippen molar-refractivity contribution in [1.82, 2.24) is 20.2 Å². The van der Waals surface area contributed by atoms with E-state index in [0.29, 0.717) is 44.6 Å². The van der Waals surface area contributed by atoms with E-state index in [1.807, 2.05) is 23.6 Å². The number of nitrogens with one attached hydrogen (secondary N) is 1. The summed E-state index contributed by atoms with van der Waals surface area (Å²) in [6.07, 6.45) is -4.16. The molecule has 0 amide bonds. The van der Waals surface area contributed by atoms with E-state index in [0.717, 1.165) is 19.5 Å². The van der Waals surface area contributed by atoms with Crippen molar-refractivity contribution in [3.63, 3.8) is 0 Å². The average molecular weight is 487 g/mol. The zero-order valence-electron chi connectivity index (χ0n) is 16.6. The number of nitrogens with zero attached hydrogens (tertiary/aromatic N) is 5. The second-order valence-electron chi connectivity index (χ2n) is 6.88. The van der Waals surface area contributed by atoms with Gasteiger partial charge >= 0.3 is 6.18 Å². The third kappa shape index (κ3) is 7.92. The molecule has 1 aliphatic rings. The summed E-state index contributed by atoms with van der Waals surface area (Å²) in [7, 11) is 1.03. The second-order valence-corrected chi connectivity index (χ2v) is 6.88. The molecule has 7 nitrogen and oxygen atoms in total. The third-order valence-corrected chi connectivity index (χ3v) is 4.17. The van der Waals surface area contributed by atoms with Gasteiger partial charge in [-0.1, -0.05) is 13.8 Å². The maximum absolute atomic E-state index is 13.0. The van der Waals surface area contributed by atoms with E-state index in [-0.39, 0.29) is 22.9 Å². The lowest BCUT2D eigenvalue weighted by Gasteiger charge is -2.37. The standard InChI is InChI=1S/C17H26F4N6O.BrH/c1-12(2)8-22-15(25-11-14(28-3)17(19,20)21)26-4-6-27(7-5-26)16-23-9-13(18)10-24-16;/h9-10,12,14H,4-8,11H2,1-3H3,(H,22,25);1H. The first kappa shape index (κ1) is 25.3. The minimum atomic E-state index is -4.45. The number of hydrogen-bond acceptors (Lipinski definition) is 5. The van der Waals surface area contributed by atoms with Gasteiger partial charge in [0.1, 0.15) is 0 Å². The van der Waals surface area contributed by atoms with Crippen LogP contribution in [0.15, 0.2) is 17.4 Å². The van der Waals surface area contributed by atoms with Gasteiger partial charge < -0.3 is 19.9 Å². The monoisotopic (exact) mass is 486 g/mol. The Labute approximate surface area is 178 Å². The number of alkyl halides is 3. The van der Waals surface area contributed by atoms with Crippen molar-refractivity contribution < 1.29 is 22.3 Å². The zero-order valence-corrected chi connectivity index (χ0v) is 18.3. The minimum Gasteiger partial charge on any atom is -0.370 e. The van der Waals surface area contributed by atoms with Crippen LogP contribution in [0.3, 0.4) is 0 Å². The molecule has 0 aromatic carbocycles. The fraction of sp³-hybridized carbons (Fsp3) is 0.706. The van der Waals surface area contributed by atoms with Crippen LogP contribution in [0.2, 0.25) is 0 Å². The Bertz CT molecular complexity index is 636. The lowest BCUT2D eigenvalue weighted by Crippen LogP contribution is -2.54. The van der Waals surface area contributed by atoms with Crippen molar-refractivity contribution in [2.75, 3.05) is 51.3 Å². The van der Waals surface area contributed by atoms with E-state index in [4.69, 9.17) is 0 Å². The Balaban J connectivity index is 0.00000420. The summed E-state index contributed by atoms with van der Waals surface area (Å²) in [6.45, 7) is 6.17. The van der Waals surface area contributed by atoms with Crippen molar-refractivity contribution in [2.24, 2.45) is 10.9 Å². The van der Waals surface area contributed by atoms with E-state index in [2.05, 4.69) is 25.0 Å². The molecule has 1 unspecified atom stereocenters. The van der Waals surface area contributed by atoms with Crippen LogP contribution in [0.25, 0.3) is 0 Å². The average Bonchev–Trinajstić information content (AvgIpc) is 2.64. The number of aliphatic imine (C=N–C) groups is 1. The first-order valence-electron chi connectivity index (χ1n) is 9.06. The van der Waals surface area contributed by atoms with Crippen molar-refractivity contribution in [1.29, 1.82) is 0 Å². The van der Waals surface area contributed by atoms with Gasteiger partial charge in [0.05, 0.1) is 18.9 Å². The smallest absolute Gasteiger partial charge is 0.370 e. The number of hydrogen-bond donors (Lipinski definition) is 1. The molecule has 1 aromatic rings. The molecule has 1 fully saturated rings. The summed E-state index contributed by atoms with van der Waals surface area (Å²) in [5, 5.41) is 2.80. The van der Waals surface area contributed by atoms with Crippen LogP contribution >= 0.6 is 17.0 Å². The summed E-state index contributed by atoms with van der Waals surface area (Å²) in [5.41, 5.74) is 0. The Hall–Kier alpha value is -1.69. The van der Waals surface area contributed by atoms with Gasteiger partial charge in [0.15, 0.2) is 17.9 Å². The molecule has 0 spiro atoms. The number of rotatable bonds is 6. The van der Waals surface area contributed by atoms with E-state index >= 15 is 0 Å². The van der Waals surface area contributed by atoms with Crippen LogP contribution in [0.1, 0.15) is 13.8 Å². The normalized spacial score (nSPS) is 16.6. The predicted octanol–water partition coefficient (Wildman–Crippen LogP) is 2.49. The predicted molar refractivity (Wildman–Crippen MR) is 108 cm³/mol. The highest BCUT2D eigenvalue weighted by molar-refractivity contribution is 8.93. The lowest BCUT2D eigenvalue weighted by atomic mass is 10.2. The molecule has 2 rings (SSSR count). The molecular formula is C17H27BrF4N6O. The molecule has 1 saturated heterocycles. The second kappa shape index (κ2) is 11.5. The quantitative estimate of drug-likeness (QED) is 0.378. The summed E-state index contributed by atoms with van der Waals surface area (Å²) in [5.74, 6) is 0.601. The van der Waals surface area contributed by atoms with Gasteiger partial charge in [0, 0.05) is 39.8 Å². The molecule has 1 N–H and O–H groups in total. The maximum Gasteiger partial charge on any atom is 0.416 e. The highest BCUT2D eigenvalue weighted by Gasteiger charge is 2.40.